The number of halogens is 3. The van der Waals surface area contributed by atoms with Gasteiger partial charge in [0.1, 0.15) is 0 Å². The number of nitrogens with one attached hydrogen (secondary N) is 1. The molecule has 0 spiro atoms. The number of aromatic nitrogens is 1. The minimum atomic E-state index is -4.41. The van der Waals surface area contributed by atoms with E-state index < -0.39 is 11.2 Å². The number of rotatable bonds is 3. The van der Waals surface area contributed by atoms with Gasteiger partial charge in [-0.3, -0.25) is 11.3 Å². The van der Waals surface area contributed by atoms with Gasteiger partial charge in [0.15, 0.2) is 5.01 Å². The largest absolute Gasteiger partial charge is 0.443 e. The highest BCUT2D eigenvalue weighted by Crippen LogP contribution is 2.46. The normalized spacial score (nSPS) is 19.5. The van der Waals surface area contributed by atoms with Crippen molar-refractivity contribution in [2.24, 2.45) is 5.84 Å². The number of thioether (sulfide) groups is 1. The molecule has 21 heavy (non-hydrogen) atoms. The molecule has 1 aliphatic heterocycles. The van der Waals surface area contributed by atoms with Crippen LogP contribution in [0.4, 0.5) is 13.2 Å². The van der Waals surface area contributed by atoms with E-state index in [1.807, 2.05) is 24.3 Å². The lowest BCUT2D eigenvalue weighted by Gasteiger charge is -2.21. The Morgan fingerprint density at radius 1 is 1.33 bits per heavy atom. The molecule has 2 aromatic rings. The lowest BCUT2D eigenvalue weighted by molar-refractivity contribution is -0.137. The Morgan fingerprint density at radius 2 is 2.10 bits per heavy atom. The molecule has 2 atom stereocenters. The molecule has 0 saturated carbocycles. The van der Waals surface area contributed by atoms with Crippen LogP contribution < -0.4 is 11.3 Å². The van der Waals surface area contributed by atoms with Crippen molar-refractivity contribution in [1.29, 1.82) is 0 Å². The fourth-order valence-electron chi connectivity index (χ4n) is 2.42. The first kappa shape index (κ1) is 14.8. The molecule has 1 aromatic heterocycles. The van der Waals surface area contributed by atoms with E-state index in [1.54, 1.807) is 11.8 Å². The van der Waals surface area contributed by atoms with Gasteiger partial charge in [0, 0.05) is 27.6 Å². The summed E-state index contributed by atoms with van der Waals surface area (Å²) in [5, 5.41) is -0.836. The number of hydrogen-bond acceptors (Lipinski definition) is 5. The van der Waals surface area contributed by atoms with E-state index in [9.17, 15) is 13.2 Å². The van der Waals surface area contributed by atoms with Crippen molar-refractivity contribution in [2.45, 2.75) is 23.0 Å². The third-order valence-corrected chi connectivity index (χ3v) is 5.73. The van der Waals surface area contributed by atoms with Gasteiger partial charge < -0.3 is 0 Å². The van der Waals surface area contributed by atoms with Gasteiger partial charge >= 0.3 is 6.18 Å². The first-order chi connectivity index (χ1) is 10.0. The van der Waals surface area contributed by atoms with Gasteiger partial charge in [-0.1, -0.05) is 18.2 Å². The number of thiazole rings is 1. The fraction of sp³-hybridized carbons (Fsp3) is 0.308. The Bertz CT molecular complexity index is 642. The maximum absolute atomic E-state index is 12.7. The standard InChI is InChI=1S/C13H12F3N3S2/c14-13(15,16)12-18-5-10(21-12)11(19-17)8-6-20-9-4-2-1-3-7(8)9/h1-5,8,11,19H,6,17H2. The fourth-order valence-corrected chi connectivity index (χ4v) is 4.62. The maximum Gasteiger partial charge on any atom is 0.443 e. The Hall–Kier alpha value is -1.09. The molecule has 0 radical (unpaired) electrons. The van der Waals surface area contributed by atoms with Gasteiger partial charge in [0.05, 0.1) is 6.04 Å². The summed E-state index contributed by atoms with van der Waals surface area (Å²) in [6, 6.07) is 7.53. The van der Waals surface area contributed by atoms with E-state index in [0.717, 1.165) is 16.2 Å². The first-order valence-electron chi connectivity index (χ1n) is 6.21. The summed E-state index contributed by atoms with van der Waals surface area (Å²) in [7, 11) is 0. The van der Waals surface area contributed by atoms with Crippen LogP contribution in [0.25, 0.3) is 0 Å². The SMILES string of the molecule is NNC(c1cnc(C(F)(F)F)s1)C1CSc2ccccc21. The smallest absolute Gasteiger partial charge is 0.271 e. The van der Waals surface area contributed by atoms with Gasteiger partial charge in [-0.15, -0.1) is 23.1 Å². The number of alkyl halides is 3. The summed E-state index contributed by atoms with van der Waals surface area (Å²) in [5.41, 5.74) is 3.77. The van der Waals surface area contributed by atoms with Gasteiger partial charge in [-0.25, -0.2) is 4.98 Å². The molecule has 0 amide bonds. The van der Waals surface area contributed by atoms with Crippen LogP contribution in [0.1, 0.15) is 27.4 Å². The minimum Gasteiger partial charge on any atom is -0.271 e. The summed E-state index contributed by atoms with van der Waals surface area (Å²) < 4.78 is 38.0. The summed E-state index contributed by atoms with van der Waals surface area (Å²) in [4.78, 5) is 5.14. The Kier molecular flexibility index (Phi) is 3.96. The van der Waals surface area contributed by atoms with Crippen LogP contribution in [0.2, 0.25) is 0 Å². The van der Waals surface area contributed by atoms with Crippen molar-refractivity contribution in [3.63, 3.8) is 0 Å². The molecule has 1 aromatic carbocycles. The summed E-state index contributed by atoms with van der Waals surface area (Å²) >= 11 is 2.34. The monoisotopic (exact) mass is 331 g/mol. The average Bonchev–Trinajstić information content (AvgIpc) is 3.07. The minimum absolute atomic E-state index is 0.0396. The molecule has 0 fully saturated rings. The number of nitrogens with zero attached hydrogens (tertiary/aromatic N) is 1. The van der Waals surface area contributed by atoms with E-state index in [0.29, 0.717) is 16.2 Å². The molecule has 0 saturated heterocycles. The second-order valence-corrected chi connectivity index (χ2v) is 6.79. The summed E-state index contributed by atoms with van der Waals surface area (Å²) in [6.45, 7) is 0. The van der Waals surface area contributed by atoms with Gasteiger partial charge in [-0.2, -0.15) is 13.2 Å². The third-order valence-electron chi connectivity index (χ3n) is 3.39. The highest BCUT2D eigenvalue weighted by molar-refractivity contribution is 7.99. The molecule has 1 aliphatic rings. The average molecular weight is 331 g/mol. The lowest BCUT2D eigenvalue weighted by Crippen LogP contribution is -2.32. The van der Waals surface area contributed by atoms with Crippen LogP contribution in [-0.2, 0) is 6.18 Å². The second-order valence-electron chi connectivity index (χ2n) is 4.67. The highest BCUT2D eigenvalue weighted by atomic mass is 32.2. The molecule has 0 aliphatic carbocycles. The molecule has 2 heterocycles. The second kappa shape index (κ2) is 5.60. The van der Waals surface area contributed by atoms with Gasteiger partial charge in [0.2, 0.25) is 0 Å². The number of benzene rings is 1. The molecule has 8 heteroatoms. The lowest BCUT2D eigenvalue weighted by atomic mass is 9.93. The van der Waals surface area contributed by atoms with Crippen LogP contribution in [-0.4, -0.2) is 10.7 Å². The Labute approximate surface area is 127 Å². The van der Waals surface area contributed by atoms with Crippen LogP contribution >= 0.6 is 23.1 Å². The van der Waals surface area contributed by atoms with E-state index in [4.69, 9.17) is 5.84 Å². The van der Waals surface area contributed by atoms with Crippen molar-refractivity contribution < 1.29 is 13.2 Å². The predicted molar refractivity (Wildman–Crippen MR) is 77.1 cm³/mol. The number of hydrazine groups is 1. The number of fused-ring (bicyclic) bond motifs is 1. The van der Waals surface area contributed by atoms with Crippen molar-refractivity contribution in [3.8, 4) is 0 Å². The van der Waals surface area contributed by atoms with Crippen molar-refractivity contribution in [2.75, 3.05) is 5.75 Å². The molecule has 3 nitrogen and oxygen atoms in total. The predicted octanol–water partition coefficient (Wildman–Crippen LogP) is 3.56. The molecule has 3 N–H and O–H groups in total. The first-order valence-corrected chi connectivity index (χ1v) is 8.01. The quantitative estimate of drug-likeness (QED) is 0.667. The van der Waals surface area contributed by atoms with E-state index in [2.05, 4.69) is 10.4 Å². The Morgan fingerprint density at radius 3 is 2.76 bits per heavy atom. The van der Waals surface area contributed by atoms with Crippen LogP contribution in [0.3, 0.4) is 0 Å². The number of hydrogen-bond donors (Lipinski definition) is 2. The van der Waals surface area contributed by atoms with Crippen LogP contribution in [0.15, 0.2) is 35.4 Å². The summed E-state index contributed by atoms with van der Waals surface area (Å²) in [5.74, 6) is 6.42. The Balaban J connectivity index is 1.91. The topological polar surface area (TPSA) is 50.9 Å². The van der Waals surface area contributed by atoms with E-state index in [1.165, 1.54) is 6.20 Å². The summed E-state index contributed by atoms with van der Waals surface area (Å²) in [6.07, 6.45) is -3.14. The molecule has 3 rings (SSSR count). The molecule has 112 valence electrons. The van der Waals surface area contributed by atoms with Crippen molar-refractivity contribution in [3.05, 3.63) is 45.9 Å². The van der Waals surface area contributed by atoms with Crippen LogP contribution in [0.5, 0.6) is 0 Å². The van der Waals surface area contributed by atoms with Crippen LogP contribution in [0, 0.1) is 0 Å². The van der Waals surface area contributed by atoms with Gasteiger partial charge in [-0.05, 0) is 11.6 Å². The molecular formula is C13H12F3N3S2. The zero-order valence-corrected chi connectivity index (χ0v) is 12.4. The molecule has 0 bridgehead atoms. The highest BCUT2D eigenvalue weighted by Gasteiger charge is 2.37. The third kappa shape index (κ3) is 2.80. The van der Waals surface area contributed by atoms with Gasteiger partial charge in [0.25, 0.3) is 0 Å². The van der Waals surface area contributed by atoms with E-state index in [-0.39, 0.29) is 12.0 Å². The van der Waals surface area contributed by atoms with Crippen molar-refractivity contribution >= 4 is 23.1 Å². The zero-order valence-electron chi connectivity index (χ0n) is 10.7. The molecule has 2 unspecified atom stereocenters. The zero-order chi connectivity index (χ0) is 15.0. The van der Waals surface area contributed by atoms with Crippen molar-refractivity contribution in [1.82, 2.24) is 10.4 Å². The van der Waals surface area contributed by atoms with E-state index >= 15 is 0 Å². The maximum atomic E-state index is 12.7. The molecular weight excluding hydrogens is 319 g/mol. The number of nitrogens with two attached hydrogens (primary N) is 1.